The highest BCUT2D eigenvalue weighted by Crippen LogP contribution is 2.21. The van der Waals surface area contributed by atoms with Crippen molar-refractivity contribution >= 4 is 39.9 Å². The maximum absolute atomic E-state index is 12.7. The topological polar surface area (TPSA) is 73.7 Å². The molecule has 0 saturated carbocycles. The molecular formula is C22H28N6O2S. The van der Waals surface area contributed by atoms with Crippen molar-refractivity contribution in [3.05, 3.63) is 46.5 Å². The average molecular weight is 441 g/mol. The predicted molar refractivity (Wildman–Crippen MR) is 123 cm³/mol. The molecule has 164 valence electrons. The van der Waals surface area contributed by atoms with E-state index in [0.717, 1.165) is 46.9 Å². The van der Waals surface area contributed by atoms with Crippen molar-refractivity contribution in [3.8, 4) is 0 Å². The fourth-order valence-electron chi connectivity index (χ4n) is 3.72. The Balaban J connectivity index is 1.33. The van der Waals surface area contributed by atoms with Gasteiger partial charge in [0.05, 0.1) is 10.7 Å². The summed E-state index contributed by atoms with van der Waals surface area (Å²) >= 11 is 1.67. The van der Waals surface area contributed by atoms with Crippen molar-refractivity contribution in [2.24, 2.45) is 0 Å². The number of nitrogens with one attached hydrogen (secondary N) is 1. The van der Waals surface area contributed by atoms with Crippen LogP contribution >= 0.6 is 11.3 Å². The number of hydrogen-bond acceptors (Lipinski definition) is 5. The Bertz CT molecular complexity index is 1080. The standard InChI is InChI=1S/C22H28N6O2S/c1-16-23-19(15-31-16)13-26-8-10-27(11-9-26)22(30)24-18-4-5-20-17(12-18)6-7-28(20)14-21(29)25(2)3/h4-7,12,15H,8-11,13-14H2,1-3H3,(H,24,30). The van der Waals surface area contributed by atoms with Crippen LogP contribution in [0.1, 0.15) is 10.7 Å². The summed E-state index contributed by atoms with van der Waals surface area (Å²) in [7, 11) is 3.50. The zero-order valence-electron chi connectivity index (χ0n) is 18.2. The lowest BCUT2D eigenvalue weighted by Gasteiger charge is -2.34. The van der Waals surface area contributed by atoms with Crippen LogP contribution in [0.4, 0.5) is 10.5 Å². The third-order valence-corrected chi connectivity index (χ3v) is 6.36. The molecule has 1 aromatic carbocycles. The lowest BCUT2D eigenvalue weighted by molar-refractivity contribution is -0.129. The highest BCUT2D eigenvalue weighted by molar-refractivity contribution is 7.09. The van der Waals surface area contributed by atoms with E-state index in [0.29, 0.717) is 19.6 Å². The summed E-state index contributed by atoms with van der Waals surface area (Å²) in [5.41, 5.74) is 2.83. The normalized spacial score (nSPS) is 14.7. The van der Waals surface area contributed by atoms with Crippen LogP contribution in [0.3, 0.4) is 0 Å². The van der Waals surface area contributed by atoms with Crippen molar-refractivity contribution < 1.29 is 9.59 Å². The Labute approximate surface area is 186 Å². The first kappa shape index (κ1) is 21.3. The number of urea groups is 1. The number of hydrogen-bond donors (Lipinski definition) is 1. The van der Waals surface area contributed by atoms with Gasteiger partial charge in [0, 0.05) is 75.0 Å². The lowest BCUT2D eigenvalue weighted by atomic mass is 10.2. The number of aryl methyl sites for hydroxylation is 1. The number of fused-ring (bicyclic) bond motifs is 1. The Kier molecular flexibility index (Phi) is 6.24. The highest BCUT2D eigenvalue weighted by atomic mass is 32.1. The first-order valence-corrected chi connectivity index (χ1v) is 11.3. The number of carbonyl (C=O) groups excluding carboxylic acids is 2. The third kappa shape index (κ3) is 5.05. The third-order valence-electron chi connectivity index (χ3n) is 5.54. The van der Waals surface area contributed by atoms with Crippen molar-refractivity contribution in [2.45, 2.75) is 20.0 Å². The van der Waals surface area contributed by atoms with Crippen molar-refractivity contribution in [1.82, 2.24) is 24.3 Å². The van der Waals surface area contributed by atoms with E-state index in [1.165, 1.54) is 0 Å². The van der Waals surface area contributed by atoms with Gasteiger partial charge in [-0.25, -0.2) is 9.78 Å². The summed E-state index contributed by atoms with van der Waals surface area (Å²) in [5.74, 6) is 0.0407. The Morgan fingerprint density at radius 1 is 1.16 bits per heavy atom. The molecule has 4 rings (SSSR count). The van der Waals surface area contributed by atoms with Gasteiger partial charge in [-0.1, -0.05) is 0 Å². The van der Waals surface area contributed by atoms with E-state index in [1.807, 2.05) is 46.9 Å². The van der Waals surface area contributed by atoms with Crippen LogP contribution in [0.5, 0.6) is 0 Å². The van der Waals surface area contributed by atoms with Gasteiger partial charge in [-0.2, -0.15) is 0 Å². The average Bonchev–Trinajstić information content (AvgIpc) is 3.34. The van der Waals surface area contributed by atoms with E-state index in [9.17, 15) is 9.59 Å². The number of likely N-dealkylation sites (N-methyl/N-ethyl adjacent to an activating group) is 1. The molecular weight excluding hydrogens is 412 g/mol. The van der Waals surface area contributed by atoms with Gasteiger partial charge in [-0.15, -0.1) is 11.3 Å². The molecule has 0 aliphatic carbocycles. The molecule has 3 heterocycles. The minimum absolute atomic E-state index is 0.0407. The van der Waals surface area contributed by atoms with E-state index in [2.05, 4.69) is 20.6 Å². The van der Waals surface area contributed by atoms with Gasteiger partial charge in [-0.3, -0.25) is 9.69 Å². The maximum Gasteiger partial charge on any atom is 0.321 e. The van der Waals surface area contributed by atoms with Crippen LogP contribution in [0.25, 0.3) is 10.9 Å². The monoisotopic (exact) mass is 440 g/mol. The summed E-state index contributed by atoms with van der Waals surface area (Å²) in [6, 6.07) is 7.67. The van der Waals surface area contributed by atoms with Crippen LogP contribution in [-0.2, 0) is 17.9 Å². The summed E-state index contributed by atoms with van der Waals surface area (Å²) in [6.45, 7) is 6.22. The van der Waals surface area contributed by atoms with Gasteiger partial charge < -0.3 is 19.7 Å². The molecule has 3 aromatic rings. The van der Waals surface area contributed by atoms with Crippen molar-refractivity contribution in [3.63, 3.8) is 0 Å². The molecule has 1 fully saturated rings. The summed E-state index contributed by atoms with van der Waals surface area (Å²) in [6.07, 6.45) is 1.90. The van der Waals surface area contributed by atoms with Gasteiger partial charge in [-0.05, 0) is 31.2 Å². The molecule has 0 unspecified atom stereocenters. The molecule has 8 nitrogen and oxygen atoms in total. The molecule has 1 N–H and O–H groups in total. The minimum Gasteiger partial charge on any atom is -0.347 e. The maximum atomic E-state index is 12.7. The second kappa shape index (κ2) is 9.07. The molecule has 0 atom stereocenters. The molecule has 31 heavy (non-hydrogen) atoms. The molecule has 2 aromatic heterocycles. The molecule has 9 heteroatoms. The molecule has 1 saturated heterocycles. The minimum atomic E-state index is -0.0780. The van der Waals surface area contributed by atoms with Crippen LogP contribution in [0, 0.1) is 6.92 Å². The fraction of sp³-hybridized carbons (Fsp3) is 0.409. The van der Waals surface area contributed by atoms with E-state index >= 15 is 0 Å². The number of carbonyl (C=O) groups is 2. The van der Waals surface area contributed by atoms with Gasteiger partial charge >= 0.3 is 6.03 Å². The van der Waals surface area contributed by atoms with Gasteiger partial charge in [0.25, 0.3) is 0 Å². The Morgan fingerprint density at radius 3 is 2.61 bits per heavy atom. The zero-order chi connectivity index (χ0) is 22.0. The SMILES string of the molecule is Cc1nc(CN2CCN(C(=O)Nc3ccc4c(ccn4CC(=O)N(C)C)c3)CC2)cs1. The predicted octanol–water partition coefficient (Wildman–Crippen LogP) is 2.84. The van der Waals surface area contributed by atoms with Gasteiger partial charge in [0.15, 0.2) is 0 Å². The Morgan fingerprint density at radius 2 is 1.94 bits per heavy atom. The molecule has 0 radical (unpaired) electrons. The fourth-order valence-corrected chi connectivity index (χ4v) is 4.33. The first-order chi connectivity index (χ1) is 14.9. The first-order valence-electron chi connectivity index (χ1n) is 10.4. The van der Waals surface area contributed by atoms with Crippen LogP contribution in [-0.4, -0.2) is 76.5 Å². The largest absolute Gasteiger partial charge is 0.347 e. The number of anilines is 1. The second-order valence-electron chi connectivity index (χ2n) is 8.06. The van der Waals surface area contributed by atoms with E-state index in [1.54, 1.807) is 30.3 Å². The number of aromatic nitrogens is 2. The summed E-state index contributed by atoms with van der Waals surface area (Å²) in [4.78, 5) is 35.0. The van der Waals surface area contributed by atoms with E-state index in [4.69, 9.17) is 0 Å². The quantitative estimate of drug-likeness (QED) is 0.662. The van der Waals surface area contributed by atoms with Crippen LogP contribution in [0.2, 0.25) is 0 Å². The molecule has 3 amide bonds. The van der Waals surface area contributed by atoms with Crippen LogP contribution < -0.4 is 5.32 Å². The summed E-state index contributed by atoms with van der Waals surface area (Å²) < 4.78 is 1.92. The molecule has 1 aliphatic heterocycles. The highest BCUT2D eigenvalue weighted by Gasteiger charge is 2.22. The van der Waals surface area contributed by atoms with E-state index in [-0.39, 0.29) is 11.9 Å². The van der Waals surface area contributed by atoms with Crippen molar-refractivity contribution in [2.75, 3.05) is 45.6 Å². The number of rotatable bonds is 5. The number of piperazine rings is 1. The zero-order valence-corrected chi connectivity index (χ0v) is 19.0. The molecule has 0 spiro atoms. The Hall–Kier alpha value is -2.91. The lowest BCUT2D eigenvalue weighted by Crippen LogP contribution is -2.49. The smallest absolute Gasteiger partial charge is 0.321 e. The van der Waals surface area contributed by atoms with Gasteiger partial charge in [0.2, 0.25) is 5.91 Å². The molecule has 0 bridgehead atoms. The second-order valence-corrected chi connectivity index (χ2v) is 9.12. The number of benzene rings is 1. The van der Waals surface area contributed by atoms with Crippen molar-refractivity contribution in [1.29, 1.82) is 0 Å². The number of nitrogens with zero attached hydrogens (tertiary/aromatic N) is 5. The number of thiazole rings is 1. The van der Waals surface area contributed by atoms with E-state index < -0.39 is 0 Å². The van der Waals surface area contributed by atoms with Crippen LogP contribution in [0.15, 0.2) is 35.8 Å². The number of amides is 3. The molecule has 1 aliphatic rings. The summed E-state index contributed by atoms with van der Waals surface area (Å²) in [5, 5.41) is 7.20. The van der Waals surface area contributed by atoms with Gasteiger partial charge in [0.1, 0.15) is 6.54 Å².